The number of nitrogens with one attached hydrogen (secondary N) is 2. The SMILES string of the molecule is CN=C(NCCCOC1CCOCC1)NC1CCC(c2ccccc2)CC1. The second-order valence-electron chi connectivity index (χ2n) is 7.64. The molecule has 0 bridgehead atoms. The number of hydrogen-bond acceptors (Lipinski definition) is 3. The molecule has 1 aliphatic carbocycles. The molecule has 0 spiro atoms. The minimum absolute atomic E-state index is 0.385. The van der Waals surface area contributed by atoms with E-state index in [-0.39, 0.29) is 0 Å². The molecule has 3 rings (SSSR count). The smallest absolute Gasteiger partial charge is 0.191 e. The van der Waals surface area contributed by atoms with Gasteiger partial charge in [-0.1, -0.05) is 30.3 Å². The van der Waals surface area contributed by atoms with E-state index in [9.17, 15) is 0 Å². The summed E-state index contributed by atoms with van der Waals surface area (Å²) in [7, 11) is 1.85. The van der Waals surface area contributed by atoms with Gasteiger partial charge in [0.25, 0.3) is 0 Å². The van der Waals surface area contributed by atoms with E-state index in [0.717, 1.165) is 51.6 Å². The van der Waals surface area contributed by atoms with Gasteiger partial charge in [0, 0.05) is 39.5 Å². The number of ether oxygens (including phenoxy) is 2. The number of aliphatic imine (C=N–C) groups is 1. The molecule has 2 fully saturated rings. The van der Waals surface area contributed by atoms with Crippen LogP contribution in [0.2, 0.25) is 0 Å². The second kappa shape index (κ2) is 11.3. The van der Waals surface area contributed by atoms with Gasteiger partial charge in [0.05, 0.1) is 6.10 Å². The lowest BCUT2D eigenvalue weighted by Crippen LogP contribution is -2.45. The lowest BCUT2D eigenvalue weighted by atomic mass is 9.82. The van der Waals surface area contributed by atoms with E-state index in [1.807, 2.05) is 7.05 Å². The fourth-order valence-electron chi connectivity index (χ4n) is 4.06. The van der Waals surface area contributed by atoms with Crippen molar-refractivity contribution in [3.8, 4) is 0 Å². The van der Waals surface area contributed by atoms with Crippen LogP contribution in [0.1, 0.15) is 56.4 Å². The molecule has 1 aromatic carbocycles. The Labute approximate surface area is 163 Å². The molecular weight excluding hydrogens is 338 g/mol. The summed E-state index contributed by atoms with van der Waals surface area (Å²) in [5.41, 5.74) is 1.49. The highest BCUT2D eigenvalue weighted by molar-refractivity contribution is 5.79. The van der Waals surface area contributed by atoms with Gasteiger partial charge in [0.1, 0.15) is 0 Å². The fraction of sp³-hybridized carbons (Fsp3) is 0.682. The molecule has 1 aromatic rings. The molecule has 0 aromatic heterocycles. The van der Waals surface area contributed by atoms with Gasteiger partial charge in [-0.05, 0) is 56.4 Å². The van der Waals surface area contributed by atoms with E-state index in [1.165, 1.54) is 31.2 Å². The van der Waals surface area contributed by atoms with Crippen LogP contribution in [-0.2, 0) is 9.47 Å². The zero-order valence-electron chi connectivity index (χ0n) is 16.7. The van der Waals surface area contributed by atoms with Crippen LogP contribution in [0.25, 0.3) is 0 Å². The van der Waals surface area contributed by atoms with E-state index in [4.69, 9.17) is 9.47 Å². The summed E-state index contributed by atoms with van der Waals surface area (Å²) in [6, 6.07) is 11.5. The third kappa shape index (κ3) is 6.82. The van der Waals surface area contributed by atoms with Crippen molar-refractivity contribution in [2.75, 3.05) is 33.4 Å². The molecule has 0 atom stereocenters. The monoisotopic (exact) mass is 373 g/mol. The number of benzene rings is 1. The summed E-state index contributed by atoms with van der Waals surface area (Å²) in [6.07, 6.45) is 8.34. The van der Waals surface area contributed by atoms with Crippen LogP contribution in [0.15, 0.2) is 35.3 Å². The number of rotatable bonds is 7. The van der Waals surface area contributed by atoms with Gasteiger partial charge in [0.2, 0.25) is 0 Å². The van der Waals surface area contributed by atoms with Crippen molar-refractivity contribution in [1.82, 2.24) is 10.6 Å². The van der Waals surface area contributed by atoms with Crippen molar-refractivity contribution in [3.05, 3.63) is 35.9 Å². The van der Waals surface area contributed by atoms with Crippen LogP contribution in [0.5, 0.6) is 0 Å². The molecule has 1 heterocycles. The van der Waals surface area contributed by atoms with Gasteiger partial charge in [-0.3, -0.25) is 4.99 Å². The average molecular weight is 374 g/mol. The summed E-state index contributed by atoms with van der Waals surface area (Å²) in [4.78, 5) is 4.38. The van der Waals surface area contributed by atoms with Gasteiger partial charge in [-0.2, -0.15) is 0 Å². The predicted octanol–water partition coefficient (Wildman–Crippen LogP) is 3.46. The van der Waals surface area contributed by atoms with Crippen molar-refractivity contribution in [2.24, 2.45) is 4.99 Å². The Morgan fingerprint density at radius 3 is 2.52 bits per heavy atom. The van der Waals surface area contributed by atoms with Gasteiger partial charge in [-0.15, -0.1) is 0 Å². The first-order chi connectivity index (χ1) is 13.3. The van der Waals surface area contributed by atoms with Gasteiger partial charge in [0.15, 0.2) is 5.96 Å². The second-order valence-corrected chi connectivity index (χ2v) is 7.64. The molecule has 2 aliphatic rings. The van der Waals surface area contributed by atoms with Crippen molar-refractivity contribution < 1.29 is 9.47 Å². The third-order valence-electron chi connectivity index (χ3n) is 5.70. The van der Waals surface area contributed by atoms with E-state index in [2.05, 4.69) is 46.0 Å². The molecule has 1 aliphatic heterocycles. The Morgan fingerprint density at radius 2 is 1.81 bits per heavy atom. The van der Waals surface area contributed by atoms with Crippen molar-refractivity contribution in [3.63, 3.8) is 0 Å². The van der Waals surface area contributed by atoms with Crippen LogP contribution >= 0.6 is 0 Å². The zero-order valence-corrected chi connectivity index (χ0v) is 16.7. The first-order valence-corrected chi connectivity index (χ1v) is 10.6. The summed E-state index contributed by atoms with van der Waals surface area (Å²) in [6.45, 7) is 3.37. The maximum Gasteiger partial charge on any atom is 0.191 e. The van der Waals surface area contributed by atoms with E-state index < -0.39 is 0 Å². The predicted molar refractivity (Wildman–Crippen MR) is 110 cm³/mol. The molecule has 0 unspecified atom stereocenters. The van der Waals surface area contributed by atoms with Crippen LogP contribution in [0, 0.1) is 0 Å². The van der Waals surface area contributed by atoms with Crippen molar-refractivity contribution >= 4 is 5.96 Å². The summed E-state index contributed by atoms with van der Waals surface area (Å²) >= 11 is 0. The fourth-order valence-corrected chi connectivity index (χ4v) is 4.06. The maximum absolute atomic E-state index is 5.92. The van der Waals surface area contributed by atoms with E-state index in [0.29, 0.717) is 18.1 Å². The van der Waals surface area contributed by atoms with Crippen LogP contribution in [0.3, 0.4) is 0 Å². The Kier molecular flexibility index (Phi) is 8.43. The van der Waals surface area contributed by atoms with Crippen molar-refractivity contribution in [1.29, 1.82) is 0 Å². The van der Waals surface area contributed by atoms with Crippen LogP contribution in [0.4, 0.5) is 0 Å². The summed E-state index contributed by atoms with van der Waals surface area (Å²) < 4.78 is 11.3. The van der Waals surface area contributed by atoms with Gasteiger partial charge in [-0.25, -0.2) is 0 Å². The van der Waals surface area contributed by atoms with Gasteiger partial charge >= 0.3 is 0 Å². The van der Waals surface area contributed by atoms with Crippen molar-refractivity contribution in [2.45, 2.75) is 63.0 Å². The molecule has 2 N–H and O–H groups in total. The highest BCUT2D eigenvalue weighted by atomic mass is 16.5. The quantitative estimate of drug-likeness (QED) is 0.437. The maximum atomic E-state index is 5.92. The average Bonchev–Trinajstić information content (AvgIpc) is 2.74. The molecule has 1 saturated carbocycles. The highest BCUT2D eigenvalue weighted by Gasteiger charge is 2.22. The lowest BCUT2D eigenvalue weighted by molar-refractivity contribution is -0.0320. The first kappa shape index (κ1) is 20.2. The Hall–Kier alpha value is -1.59. The van der Waals surface area contributed by atoms with Gasteiger partial charge < -0.3 is 20.1 Å². The zero-order chi connectivity index (χ0) is 18.7. The molecule has 0 radical (unpaired) electrons. The molecule has 5 nitrogen and oxygen atoms in total. The summed E-state index contributed by atoms with van der Waals surface area (Å²) in [5.74, 6) is 1.63. The highest BCUT2D eigenvalue weighted by Crippen LogP contribution is 2.32. The lowest BCUT2D eigenvalue weighted by Gasteiger charge is -2.30. The Morgan fingerprint density at radius 1 is 1.07 bits per heavy atom. The minimum Gasteiger partial charge on any atom is -0.381 e. The Bertz CT molecular complexity index is 550. The Balaban J connectivity index is 1.29. The first-order valence-electron chi connectivity index (χ1n) is 10.6. The molecular formula is C22H35N3O2. The van der Waals surface area contributed by atoms with Crippen LogP contribution < -0.4 is 10.6 Å². The minimum atomic E-state index is 0.385. The molecule has 5 heteroatoms. The molecule has 0 amide bonds. The number of guanidine groups is 1. The largest absolute Gasteiger partial charge is 0.381 e. The number of nitrogens with zero attached hydrogens (tertiary/aromatic N) is 1. The molecule has 27 heavy (non-hydrogen) atoms. The van der Waals surface area contributed by atoms with Crippen LogP contribution in [-0.4, -0.2) is 51.5 Å². The molecule has 1 saturated heterocycles. The van der Waals surface area contributed by atoms with E-state index in [1.54, 1.807) is 0 Å². The normalized spacial score (nSPS) is 24.6. The number of hydrogen-bond donors (Lipinski definition) is 2. The topological polar surface area (TPSA) is 54.9 Å². The molecule has 150 valence electrons. The standard InChI is InChI=1S/C22H35N3O2/c1-23-22(24-14-5-15-27-21-12-16-26-17-13-21)25-20-10-8-19(9-11-20)18-6-3-2-4-7-18/h2-4,6-7,19-21H,5,8-17H2,1H3,(H2,23,24,25). The third-order valence-corrected chi connectivity index (χ3v) is 5.70. The summed E-state index contributed by atoms with van der Waals surface area (Å²) in [5, 5.41) is 7.03. The van der Waals surface area contributed by atoms with E-state index >= 15 is 0 Å².